The molecule has 0 unspecified atom stereocenters. The van der Waals surface area contributed by atoms with Crippen molar-refractivity contribution in [3.05, 3.63) is 82.0 Å². The summed E-state index contributed by atoms with van der Waals surface area (Å²) in [6, 6.07) is 11.4. The van der Waals surface area contributed by atoms with Gasteiger partial charge in [-0.1, -0.05) is 29.3 Å². The third-order valence-electron chi connectivity index (χ3n) is 3.43. The maximum atomic E-state index is 13.5. The Balaban J connectivity index is 1.72. The van der Waals surface area contributed by atoms with Gasteiger partial charge >= 0.3 is 0 Å². The average Bonchev–Trinajstić information content (AvgIpc) is 3.07. The first-order valence-electron chi connectivity index (χ1n) is 7.42. The minimum atomic E-state index is -0.859. The molecular formula is C19H11Cl2F2NO2. The highest BCUT2D eigenvalue weighted by Crippen LogP contribution is 2.34. The molecule has 26 heavy (non-hydrogen) atoms. The van der Waals surface area contributed by atoms with Crippen LogP contribution in [0.15, 0.2) is 59.0 Å². The molecule has 0 saturated heterocycles. The molecule has 0 spiro atoms. The Kier molecular flexibility index (Phi) is 5.40. The smallest absolute Gasteiger partial charge is 0.248 e. The van der Waals surface area contributed by atoms with E-state index in [0.717, 1.165) is 12.1 Å². The zero-order valence-electron chi connectivity index (χ0n) is 13.1. The summed E-state index contributed by atoms with van der Waals surface area (Å²) in [5.74, 6) is -1.29. The second kappa shape index (κ2) is 7.72. The predicted molar refractivity (Wildman–Crippen MR) is 98.2 cm³/mol. The first-order valence-corrected chi connectivity index (χ1v) is 8.18. The van der Waals surface area contributed by atoms with Gasteiger partial charge in [-0.2, -0.15) is 0 Å². The lowest BCUT2D eigenvalue weighted by Gasteiger charge is -2.03. The van der Waals surface area contributed by atoms with Gasteiger partial charge in [-0.25, -0.2) is 8.78 Å². The lowest BCUT2D eigenvalue weighted by molar-refractivity contribution is -0.111. The van der Waals surface area contributed by atoms with Crippen LogP contribution in [-0.2, 0) is 4.79 Å². The Morgan fingerprint density at radius 3 is 2.65 bits per heavy atom. The molecule has 0 aliphatic rings. The SMILES string of the molecule is O=C(C=Cc1ccc(-c2cccc(Cl)c2Cl)o1)Nc1ccc(F)cc1F. The predicted octanol–water partition coefficient (Wildman–Crippen LogP) is 6.18. The molecule has 0 bridgehead atoms. The van der Waals surface area contributed by atoms with Crippen molar-refractivity contribution in [1.82, 2.24) is 0 Å². The van der Waals surface area contributed by atoms with Crippen molar-refractivity contribution in [2.45, 2.75) is 0 Å². The number of benzene rings is 2. The zero-order chi connectivity index (χ0) is 18.7. The van der Waals surface area contributed by atoms with Crippen LogP contribution in [0.5, 0.6) is 0 Å². The number of furan rings is 1. The van der Waals surface area contributed by atoms with Crippen LogP contribution in [0.3, 0.4) is 0 Å². The Morgan fingerprint density at radius 2 is 1.88 bits per heavy atom. The summed E-state index contributed by atoms with van der Waals surface area (Å²) in [6.45, 7) is 0. The van der Waals surface area contributed by atoms with Crippen LogP contribution in [0.1, 0.15) is 5.76 Å². The molecule has 1 N–H and O–H groups in total. The van der Waals surface area contributed by atoms with Gasteiger partial charge in [0.1, 0.15) is 23.2 Å². The van der Waals surface area contributed by atoms with E-state index >= 15 is 0 Å². The van der Waals surface area contributed by atoms with Crippen LogP contribution in [0.4, 0.5) is 14.5 Å². The third kappa shape index (κ3) is 4.12. The van der Waals surface area contributed by atoms with Crippen molar-refractivity contribution < 1.29 is 18.0 Å². The van der Waals surface area contributed by atoms with Gasteiger partial charge in [0, 0.05) is 17.7 Å². The fourth-order valence-electron chi connectivity index (χ4n) is 2.20. The number of rotatable bonds is 4. The van der Waals surface area contributed by atoms with Gasteiger partial charge in [-0.05, 0) is 42.5 Å². The molecule has 0 atom stereocenters. The maximum Gasteiger partial charge on any atom is 0.248 e. The van der Waals surface area contributed by atoms with Crippen molar-refractivity contribution in [3.63, 3.8) is 0 Å². The molecular weight excluding hydrogens is 383 g/mol. The van der Waals surface area contributed by atoms with Gasteiger partial charge in [0.15, 0.2) is 0 Å². The van der Waals surface area contributed by atoms with Crippen molar-refractivity contribution in [2.75, 3.05) is 5.32 Å². The number of halogens is 4. The van der Waals surface area contributed by atoms with Crippen molar-refractivity contribution in [1.29, 1.82) is 0 Å². The quantitative estimate of drug-likeness (QED) is 0.537. The van der Waals surface area contributed by atoms with E-state index in [0.29, 0.717) is 33.2 Å². The number of carbonyl (C=O) groups is 1. The summed E-state index contributed by atoms with van der Waals surface area (Å²) in [4.78, 5) is 11.9. The molecule has 0 aliphatic heterocycles. The van der Waals surface area contributed by atoms with E-state index in [1.54, 1.807) is 30.3 Å². The molecule has 132 valence electrons. The molecule has 3 rings (SSSR count). The molecule has 7 heteroatoms. The summed E-state index contributed by atoms with van der Waals surface area (Å²) in [5, 5.41) is 3.08. The van der Waals surface area contributed by atoms with Crippen LogP contribution >= 0.6 is 23.2 Å². The summed E-state index contributed by atoms with van der Waals surface area (Å²) in [6.07, 6.45) is 2.59. The number of hydrogen-bond acceptors (Lipinski definition) is 2. The Hall–Kier alpha value is -2.63. The third-order valence-corrected chi connectivity index (χ3v) is 4.25. The standard InChI is InChI=1S/C19H11Cl2F2NO2/c20-14-3-1-2-13(19(14)21)17-8-5-12(26-17)6-9-18(25)24-16-7-4-11(22)10-15(16)23/h1-10H,(H,24,25). The van der Waals surface area contributed by atoms with Crippen molar-refractivity contribution >= 4 is 40.9 Å². The highest BCUT2D eigenvalue weighted by atomic mass is 35.5. The van der Waals surface area contributed by atoms with E-state index in [1.165, 1.54) is 12.2 Å². The number of nitrogens with one attached hydrogen (secondary N) is 1. The first kappa shape index (κ1) is 18.2. The molecule has 1 heterocycles. The summed E-state index contributed by atoms with van der Waals surface area (Å²) in [7, 11) is 0. The number of hydrogen-bond donors (Lipinski definition) is 1. The van der Waals surface area contributed by atoms with Gasteiger partial charge in [0.05, 0.1) is 15.7 Å². The van der Waals surface area contributed by atoms with Crippen molar-refractivity contribution in [3.8, 4) is 11.3 Å². The van der Waals surface area contributed by atoms with E-state index in [9.17, 15) is 13.6 Å². The van der Waals surface area contributed by atoms with Gasteiger partial charge in [-0.15, -0.1) is 0 Å². The monoisotopic (exact) mass is 393 g/mol. The second-order valence-electron chi connectivity index (χ2n) is 5.25. The highest BCUT2D eigenvalue weighted by molar-refractivity contribution is 6.43. The molecule has 0 radical (unpaired) electrons. The molecule has 1 aromatic heterocycles. The Morgan fingerprint density at radius 1 is 1.08 bits per heavy atom. The number of carbonyl (C=O) groups excluding carboxylic acids is 1. The number of amides is 1. The zero-order valence-corrected chi connectivity index (χ0v) is 14.6. The lowest BCUT2D eigenvalue weighted by Crippen LogP contribution is -2.09. The van der Waals surface area contributed by atoms with E-state index in [1.807, 2.05) is 0 Å². The molecule has 1 amide bonds. The van der Waals surface area contributed by atoms with Gasteiger partial charge < -0.3 is 9.73 Å². The lowest BCUT2D eigenvalue weighted by atomic mass is 10.2. The van der Waals surface area contributed by atoms with E-state index in [4.69, 9.17) is 27.6 Å². The molecule has 0 fully saturated rings. The molecule has 3 aromatic rings. The Labute approximate surface area is 157 Å². The normalized spacial score (nSPS) is 11.1. The number of anilines is 1. The van der Waals surface area contributed by atoms with E-state index < -0.39 is 17.5 Å². The van der Waals surface area contributed by atoms with E-state index in [-0.39, 0.29) is 5.69 Å². The fourth-order valence-corrected chi connectivity index (χ4v) is 2.60. The average molecular weight is 394 g/mol. The molecule has 3 nitrogen and oxygen atoms in total. The van der Waals surface area contributed by atoms with Crippen LogP contribution in [0, 0.1) is 11.6 Å². The van der Waals surface area contributed by atoms with Crippen molar-refractivity contribution in [2.24, 2.45) is 0 Å². The van der Waals surface area contributed by atoms with E-state index in [2.05, 4.69) is 5.32 Å². The summed E-state index contributed by atoms with van der Waals surface area (Å²) < 4.78 is 32.0. The minimum Gasteiger partial charge on any atom is -0.457 e. The second-order valence-corrected chi connectivity index (χ2v) is 6.04. The van der Waals surface area contributed by atoms with Crippen LogP contribution in [-0.4, -0.2) is 5.91 Å². The van der Waals surface area contributed by atoms with Gasteiger partial charge in [0.25, 0.3) is 0 Å². The highest BCUT2D eigenvalue weighted by Gasteiger charge is 2.10. The van der Waals surface area contributed by atoms with Gasteiger partial charge in [-0.3, -0.25) is 4.79 Å². The minimum absolute atomic E-state index is 0.119. The van der Waals surface area contributed by atoms with Crippen LogP contribution < -0.4 is 5.32 Å². The summed E-state index contributed by atoms with van der Waals surface area (Å²) >= 11 is 12.1. The van der Waals surface area contributed by atoms with Crippen LogP contribution in [0.2, 0.25) is 10.0 Å². The van der Waals surface area contributed by atoms with Gasteiger partial charge in [0.2, 0.25) is 5.91 Å². The molecule has 0 saturated carbocycles. The van der Waals surface area contributed by atoms with Crippen LogP contribution in [0.25, 0.3) is 17.4 Å². The molecule has 2 aromatic carbocycles. The first-order chi connectivity index (χ1) is 12.4. The topological polar surface area (TPSA) is 42.2 Å². The largest absolute Gasteiger partial charge is 0.457 e. The summed E-state index contributed by atoms with van der Waals surface area (Å²) in [5.41, 5.74) is 0.503. The molecule has 0 aliphatic carbocycles. The maximum absolute atomic E-state index is 13.5. The fraction of sp³-hybridized carbons (Fsp3) is 0. The Bertz CT molecular complexity index is 999.